The molecule has 5 nitrogen and oxygen atoms in total. The van der Waals surface area contributed by atoms with E-state index in [1.165, 1.54) is 13.2 Å². The van der Waals surface area contributed by atoms with Gasteiger partial charge in [-0.25, -0.2) is 18.6 Å². The molecule has 7 heteroatoms. The predicted octanol–water partition coefficient (Wildman–Crippen LogP) is 2.08. The summed E-state index contributed by atoms with van der Waals surface area (Å²) < 4.78 is 35.1. The van der Waals surface area contributed by atoms with Gasteiger partial charge < -0.3 is 9.47 Å². The zero-order chi connectivity index (χ0) is 13.7. The molecule has 18 heavy (non-hydrogen) atoms. The Morgan fingerprint density at radius 3 is 2.72 bits per heavy atom. The number of rotatable bonds is 4. The Hall–Kier alpha value is -2.23. The van der Waals surface area contributed by atoms with E-state index < -0.39 is 29.2 Å². The maximum absolute atomic E-state index is 12.9. The van der Waals surface area contributed by atoms with Gasteiger partial charge in [0, 0.05) is 0 Å². The topological polar surface area (TPSA) is 72.2 Å². The SMILES string of the molecule is CCOC(=O)c1ncc(OC)c(C(F)F)c1C#N. The highest BCUT2D eigenvalue weighted by Gasteiger charge is 2.26. The molecule has 0 fully saturated rings. The van der Waals surface area contributed by atoms with Crippen LogP contribution in [0, 0.1) is 11.3 Å². The largest absolute Gasteiger partial charge is 0.495 e. The highest BCUT2D eigenvalue weighted by Crippen LogP contribution is 2.32. The van der Waals surface area contributed by atoms with Crippen molar-refractivity contribution in [3.8, 4) is 11.8 Å². The monoisotopic (exact) mass is 256 g/mol. The molecule has 0 aromatic carbocycles. The fourth-order valence-electron chi connectivity index (χ4n) is 1.35. The number of methoxy groups -OCH3 is 1. The summed E-state index contributed by atoms with van der Waals surface area (Å²) in [7, 11) is 1.17. The second-order valence-corrected chi connectivity index (χ2v) is 3.10. The lowest BCUT2D eigenvalue weighted by Gasteiger charge is -2.11. The molecule has 0 amide bonds. The van der Waals surface area contributed by atoms with Crippen molar-refractivity contribution in [2.75, 3.05) is 13.7 Å². The van der Waals surface area contributed by atoms with Gasteiger partial charge in [-0.2, -0.15) is 5.26 Å². The first-order chi connectivity index (χ1) is 8.56. The number of ether oxygens (including phenoxy) is 2. The van der Waals surface area contributed by atoms with Crippen LogP contribution in [0.3, 0.4) is 0 Å². The normalized spacial score (nSPS) is 10.0. The van der Waals surface area contributed by atoms with Crippen molar-refractivity contribution in [2.45, 2.75) is 13.3 Å². The van der Waals surface area contributed by atoms with Crippen molar-refractivity contribution >= 4 is 5.97 Å². The number of esters is 1. The highest BCUT2D eigenvalue weighted by atomic mass is 19.3. The summed E-state index contributed by atoms with van der Waals surface area (Å²) in [6.45, 7) is 1.61. The fraction of sp³-hybridized carbons (Fsp3) is 0.364. The minimum atomic E-state index is -2.95. The van der Waals surface area contributed by atoms with E-state index >= 15 is 0 Å². The quantitative estimate of drug-likeness (QED) is 0.771. The second kappa shape index (κ2) is 5.91. The van der Waals surface area contributed by atoms with E-state index in [1.54, 1.807) is 6.92 Å². The van der Waals surface area contributed by atoms with Gasteiger partial charge in [-0.3, -0.25) is 0 Å². The molecule has 0 bridgehead atoms. The molecule has 1 aromatic heterocycles. The van der Waals surface area contributed by atoms with E-state index in [-0.39, 0.29) is 12.4 Å². The molecular formula is C11H10F2N2O3. The molecule has 1 heterocycles. The molecule has 0 saturated heterocycles. The Morgan fingerprint density at radius 1 is 1.61 bits per heavy atom. The average Bonchev–Trinajstić information content (AvgIpc) is 2.36. The van der Waals surface area contributed by atoms with Crippen molar-refractivity contribution in [1.82, 2.24) is 4.98 Å². The van der Waals surface area contributed by atoms with Crippen LogP contribution >= 0.6 is 0 Å². The number of aromatic nitrogens is 1. The van der Waals surface area contributed by atoms with E-state index in [4.69, 9.17) is 10.00 Å². The lowest BCUT2D eigenvalue weighted by atomic mass is 10.1. The smallest absolute Gasteiger partial charge is 0.358 e. The zero-order valence-electron chi connectivity index (χ0n) is 9.74. The van der Waals surface area contributed by atoms with Gasteiger partial charge in [-0.05, 0) is 6.92 Å². The number of alkyl halides is 2. The zero-order valence-corrected chi connectivity index (χ0v) is 9.74. The summed E-state index contributed by atoms with van der Waals surface area (Å²) in [5.41, 5.74) is -1.61. The second-order valence-electron chi connectivity index (χ2n) is 3.10. The molecule has 96 valence electrons. The van der Waals surface area contributed by atoms with Crippen molar-refractivity contribution in [1.29, 1.82) is 5.26 Å². The molecule has 0 aliphatic carbocycles. The van der Waals surface area contributed by atoms with Gasteiger partial charge in [0.2, 0.25) is 0 Å². The highest BCUT2D eigenvalue weighted by molar-refractivity contribution is 5.90. The molecule has 0 unspecified atom stereocenters. The summed E-state index contributed by atoms with van der Waals surface area (Å²) in [4.78, 5) is 15.1. The summed E-state index contributed by atoms with van der Waals surface area (Å²) in [5.74, 6) is -1.16. The number of carbonyl (C=O) groups excluding carboxylic acids is 1. The van der Waals surface area contributed by atoms with Crippen LogP contribution in [-0.2, 0) is 4.74 Å². The molecule has 0 radical (unpaired) electrons. The summed E-state index contributed by atoms with van der Waals surface area (Å²) in [5, 5.41) is 8.90. The summed E-state index contributed by atoms with van der Waals surface area (Å²) in [6.07, 6.45) is -1.99. The minimum Gasteiger partial charge on any atom is -0.495 e. The minimum absolute atomic E-state index is 0.0570. The van der Waals surface area contributed by atoms with E-state index in [2.05, 4.69) is 9.72 Å². The van der Waals surface area contributed by atoms with Gasteiger partial charge in [0.05, 0.1) is 31.0 Å². The molecule has 0 saturated carbocycles. The standard InChI is InChI=1S/C11H10F2N2O3/c1-3-18-11(16)9-6(4-14)8(10(12)13)7(17-2)5-15-9/h5,10H,3H2,1-2H3. The maximum Gasteiger partial charge on any atom is 0.358 e. The van der Waals surface area contributed by atoms with Crippen LogP contribution in [0.1, 0.15) is 35.0 Å². The molecule has 0 aliphatic heterocycles. The number of nitriles is 1. The Morgan fingerprint density at radius 2 is 2.28 bits per heavy atom. The number of nitrogens with zero attached hydrogens (tertiary/aromatic N) is 2. The third kappa shape index (κ3) is 2.53. The molecule has 0 spiro atoms. The van der Waals surface area contributed by atoms with Crippen molar-refractivity contribution in [3.05, 3.63) is 23.0 Å². The van der Waals surface area contributed by atoms with E-state index in [9.17, 15) is 13.6 Å². The van der Waals surface area contributed by atoms with Crippen LogP contribution in [-0.4, -0.2) is 24.7 Å². The van der Waals surface area contributed by atoms with E-state index in [0.717, 1.165) is 6.20 Å². The Balaban J connectivity index is 3.44. The van der Waals surface area contributed by atoms with Crippen LogP contribution in [0.4, 0.5) is 8.78 Å². The van der Waals surface area contributed by atoms with E-state index in [1.807, 2.05) is 0 Å². The van der Waals surface area contributed by atoms with Crippen LogP contribution in [0.5, 0.6) is 5.75 Å². The fourth-order valence-corrected chi connectivity index (χ4v) is 1.35. The van der Waals surface area contributed by atoms with Crippen LogP contribution < -0.4 is 4.74 Å². The Kier molecular flexibility index (Phi) is 4.54. The first-order valence-electron chi connectivity index (χ1n) is 4.99. The lowest BCUT2D eigenvalue weighted by molar-refractivity contribution is 0.0518. The van der Waals surface area contributed by atoms with Crippen LogP contribution in [0.2, 0.25) is 0 Å². The van der Waals surface area contributed by atoms with Gasteiger partial charge in [0.25, 0.3) is 6.43 Å². The van der Waals surface area contributed by atoms with Gasteiger partial charge in [-0.15, -0.1) is 0 Å². The van der Waals surface area contributed by atoms with Gasteiger partial charge in [0.1, 0.15) is 11.8 Å². The average molecular weight is 256 g/mol. The number of carbonyl (C=O) groups is 1. The predicted molar refractivity (Wildman–Crippen MR) is 56.4 cm³/mol. The molecule has 1 rings (SSSR count). The Bertz CT molecular complexity index is 498. The van der Waals surface area contributed by atoms with Gasteiger partial charge in [0.15, 0.2) is 5.69 Å². The van der Waals surface area contributed by atoms with Crippen molar-refractivity contribution in [2.24, 2.45) is 0 Å². The van der Waals surface area contributed by atoms with Gasteiger partial charge >= 0.3 is 5.97 Å². The summed E-state index contributed by atoms with van der Waals surface area (Å²) >= 11 is 0. The third-order valence-electron chi connectivity index (χ3n) is 2.10. The maximum atomic E-state index is 12.9. The van der Waals surface area contributed by atoms with Gasteiger partial charge in [-0.1, -0.05) is 0 Å². The van der Waals surface area contributed by atoms with Crippen LogP contribution in [0.25, 0.3) is 0 Å². The third-order valence-corrected chi connectivity index (χ3v) is 2.10. The molecule has 0 atom stereocenters. The number of pyridine rings is 1. The molecular weight excluding hydrogens is 246 g/mol. The first kappa shape index (κ1) is 13.8. The molecule has 0 aliphatic rings. The van der Waals surface area contributed by atoms with Crippen molar-refractivity contribution in [3.63, 3.8) is 0 Å². The van der Waals surface area contributed by atoms with E-state index in [0.29, 0.717) is 0 Å². The van der Waals surface area contributed by atoms with Crippen LogP contribution in [0.15, 0.2) is 6.20 Å². The lowest BCUT2D eigenvalue weighted by Crippen LogP contribution is -2.12. The number of halogens is 2. The summed E-state index contributed by atoms with van der Waals surface area (Å²) in [6, 6.07) is 1.54. The van der Waals surface area contributed by atoms with Crippen molar-refractivity contribution < 1.29 is 23.0 Å². The first-order valence-corrected chi connectivity index (χ1v) is 4.99. The molecule has 0 N–H and O–H groups in total. The number of hydrogen-bond donors (Lipinski definition) is 0. The molecule has 1 aromatic rings. The Labute approximate surface area is 102 Å². The number of hydrogen-bond acceptors (Lipinski definition) is 5.